The Hall–Kier alpha value is -1.22. The third-order valence-electron chi connectivity index (χ3n) is 1.50. The second-order valence-corrected chi connectivity index (χ2v) is 3.04. The molecule has 0 atom stereocenters. The molecule has 0 aromatic heterocycles. The first-order valence-corrected chi connectivity index (χ1v) is 4.68. The molecule has 14 heavy (non-hydrogen) atoms. The number of nitrogens with one attached hydrogen (secondary N) is 1. The lowest BCUT2D eigenvalue weighted by molar-refractivity contribution is 0.273. The summed E-state index contributed by atoms with van der Waals surface area (Å²) in [5.74, 6) is 0.807. The second kappa shape index (κ2) is 5.50. The molecule has 4 heteroatoms. The van der Waals surface area contributed by atoms with Crippen LogP contribution in [-0.4, -0.2) is 19.1 Å². The van der Waals surface area contributed by atoms with Crippen molar-refractivity contribution in [2.75, 3.05) is 13.2 Å². The SMILES string of the molecule is CCOC(=N)COc1ccc(Cl)cc1. The molecule has 1 aromatic rings. The molecule has 0 saturated heterocycles. The van der Waals surface area contributed by atoms with Gasteiger partial charge in [0, 0.05) is 5.02 Å². The third kappa shape index (κ3) is 3.66. The highest BCUT2D eigenvalue weighted by molar-refractivity contribution is 6.30. The highest BCUT2D eigenvalue weighted by Gasteiger charge is 1.98. The van der Waals surface area contributed by atoms with Crippen LogP contribution in [0.4, 0.5) is 0 Å². The molecule has 0 saturated carbocycles. The number of rotatable bonds is 4. The van der Waals surface area contributed by atoms with Crippen molar-refractivity contribution in [1.82, 2.24) is 0 Å². The molecule has 1 aromatic carbocycles. The molecule has 0 amide bonds. The van der Waals surface area contributed by atoms with Crippen LogP contribution in [0.2, 0.25) is 5.02 Å². The normalized spacial score (nSPS) is 9.57. The maximum atomic E-state index is 7.31. The van der Waals surface area contributed by atoms with Crippen molar-refractivity contribution < 1.29 is 9.47 Å². The number of ether oxygens (including phenoxy) is 2. The van der Waals surface area contributed by atoms with E-state index in [4.69, 9.17) is 26.5 Å². The van der Waals surface area contributed by atoms with E-state index in [1.807, 2.05) is 6.92 Å². The Morgan fingerprint density at radius 3 is 2.57 bits per heavy atom. The van der Waals surface area contributed by atoms with E-state index in [1.165, 1.54) is 0 Å². The molecule has 0 spiro atoms. The van der Waals surface area contributed by atoms with Crippen LogP contribution >= 0.6 is 11.6 Å². The summed E-state index contributed by atoms with van der Waals surface area (Å²) in [6, 6.07) is 6.98. The van der Waals surface area contributed by atoms with Crippen molar-refractivity contribution in [2.45, 2.75) is 6.92 Å². The minimum Gasteiger partial charge on any atom is -0.484 e. The Morgan fingerprint density at radius 1 is 1.36 bits per heavy atom. The van der Waals surface area contributed by atoms with Crippen molar-refractivity contribution in [3.05, 3.63) is 29.3 Å². The highest BCUT2D eigenvalue weighted by Crippen LogP contribution is 2.15. The van der Waals surface area contributed by atoms with Gasteiger partial charge in [-0.2, -0.15) is 0 Å². The average Bonchev–Trinajstić information content (AvgIpc) is 2.17. The quantitative estimate of drug-likeness (QED) is 0.617. The summed E-state index contributed by atoms with van der Waals surface area (Å²) >= 11 is 5.70. The molecule has 0 aliphatic carbocycles. The molecular weight excluding hydrogens is 202 g/mol. The lowest BCUT2D eigenvalue weighted by atomic mass is 10.3. The van der Waals surface area contributed by atoms with Crippen LogP contribution < -0.4 is 4.74 Å². The Bertz CT molecular complexity index is 297. The maximum absolute atomic E-state index is 7.31. The van der Waals surface area contributed by atoms with E-state index in [-0.39, 0.29) is 12.5 Å². The van der Waals surface area contributed by atoms with E-state index in [0.29, 0.717) is 17.4 Å². The molecule has 1 N–H and O–H groups in total. The Balaban J connectivity index is 2.38. The van der Waals surface area contributed by atoms with Crippen LogP contribution in [0.25, 0.3) is 0 Å². The minimum atomic E-state index is 0.127. The summed E-state index contributed by atoms with van der Waals surface area (Å²) in [7, 11) is 0. The van der Waals surface area contributed by atoms with Gasteiger partial charge in [-0.05, 0) is 31.2 Å². The fraction of sp³-hybridized carbons (Fsp3) is 0.300. The molecule has 3 nitrogen and oxygen atoms in total. The molecule has 0 aliphatic rings. The van der Waals surface area contributed by atoms with Crippen LogP contribution in [0, 0.1) is 5.41 Å². The Labute approximate surface area is 88.1 Å². The van der Waals surface area contributed by atoms with Gasteiger partial charge in [-0.25, -0.2) is 0 Å². The summed E-state index contributed by atoms with van der Waals surface area (Å²) in [5.41, 5.74) is 0. The zero-order valence-corrected chi connectivity index (χ0v) is 8.67. The molecule has 0 aliphatic heterocycles. The summed E-state index contributed by atoms with van der Waals surface area (Å²) in [6.45, 7) is 2.47. The molecule has 0 bridgehead atoms. The summed E-state index contributed by atoms with van der Waals surface area (Å²) < 4.78 is 10.2. The lowest BCUT2D eigenvalue weighted by Crippen LogP contribution is -2.13. The fourth-order valence-corrected chi connectivity index (χ4v) is 1.02. The predicted molar refractivity (Wildman–Crippen MR) is 56.3 cm³/mol. The predicted octanol–water partition coefficient (Wildman–Crippen LogP) is 2.73. The Morgan fingerprint density at radius 2 is 2.00 bits per heavy atom. The first kappa shape index (κ1) is 10.9. The fourth-order valence-electron chi connectivity index (χ4n) is 0.896. The smallest absolute Gasteiger partial charge is 0.219 e. The van der Waals surface area contributed by atoms with E-state index in [0.717, 1.165) is 0 Å². The highest BCUT2D eigenvalue weighted by atomic mass is 35.5. The van der Waals surface area contributed by atoms with Crippen molar-refractivity contribution in [3.63, 3.8) is 0 Å². The van der Waals surface area contributed by atoms with Crippen LogP contribution in [0.5, 0.6) is 5.75 Å². The average molecular weight is 214 g/mol. The number of halogens is 1. The van der Waals surface area contributed by atoms with Gasteiger partial charge in [0.15, 0.2) is 6.61 Å². The second-order valence-electron chi connectivity index (χ2n) is 2.60. The molecule has 1 rings (SSSR count). The van der Waals surface area contributed by atoms with Crippen molar-refractivity contribution in [1.29, 1.82) is 5.41 Å². The zero-order valence-electron chi connectivity index (χ0n) is 7.92. The van der Waals surface area contributed by atoms with E-state index < -0.39 is 0 Å². The topological polar surface area (TPSA) is 42.3 Å². The van der Waals surface area contributed by atoms with E-state index in [1.54, 1.807) is 24.3 Å². The van der Waals surface area contributed by atoms with E-state index in [2.05, 4.69) is 0 Å². The first-order chi connectivity index (χ1) is 6.72. The zero-order chi connectivity index (χ0) is 10.4. The van der Waals surface area contributed by atoms with Gasteiger partial charge in [-0.1, -0.05) is 11.6 Å². The Kier molecular flexibility index (Phi) is 4.26. The first-order valence-electron chi connectivity index (χ1n) is 4.31. The maximum Gasteiger partial charge on any atom is 0.219 e. The van der Waals surface area contributed by atoms with Gasteiger partial charge in [0.2, 0.25) is 5.90 Å². The summed E-state index contributed by atoms with van der Waals surface area (Å²) in [4.78, 5) is 0. The van der Waals surface area contributed by atoms with Gasteiger partial charge in [0.25, 0.3) is 0 Å². The minimum absolute atomic E-state index is 0.127. The van der Waals surface area contributed by atoms with Crippen LogP contribution in [0.15, 0.2) is 24.3 Å². The number of hydrogen-bond donors (Lipinski definition) is 1. The van der Waals surface area contributed by atoms with Gasteiger partial charge in [-0.3, -0.25) is 5.41 Å². The van der Waals surface area contributed by atoms with Crippen LogP contribution in [0.3, 0.4) is 0 Å². The third-order valence-corrected chi connectivity index (χ3v) is 1.75. The van der Waals surface area contributed by atoms with Gasteiger partial charge in [0.1, 0.15) is 5.75 Å². The van der Waals surface area contributed by atoms with Gasteiger partial charge >= 0.3 is 0 Å². The molecule has 0 radical (unpaired) electrons. The molecule has 0 unspecified atom stereocenters. The van der Waals surface area contributed by atoms with E-state index >= 15 is 0 Å². The van der Waals surface area contributed by atoms with Crippen molar-refractivity contribution in [2.24, 2.45) is 0 Å². The van der Waals surface area contributed by atoms with Gasteiger partial charge in [-0.15, -0.1) is 0 Å². The standard InChI is InChI=1S/C10H12ClNO2/c1-2-13-10(12)7-14-9-5-3-8(11)4-6-9/h3-6,12H,2,7H2,1H3. The monoisotopic (exact) mass is 213 g/mol. The lowest BCUT2D eigenvalue weighted by Gasteiger charge is -2.07. The summed E-state index contributed by atoms with van der Waals surface area (Å²) in [5, 5.41) is 7.97. The largest absolute Gasteiger partial charge is 0.484 e. The molecule has 76 valence electrons. The van der Waals surface area contributed by atoms with Crippen molar-refractivity contribution in [3.8, 4) is 5.75 Å². The van der Waals surface area contributed by atoms with Crippen molar-refractivity contribution >= 4 is 17.5 Å². The molecular formula is C10H12ClNO2. The van der Waals surface area contributed by atoms with Gasteiger partial charge in [0.05, 0.1) is 6.61 Å². The number of benzene rings is 1. The van der Waals surface area contributed by atoms with Gasteiger partial charge < -0.3 is 9.47 Å². The van der Waals surface area contributed by atoms with E-state index in [9.17, 15) is 0 Å². The summed E-state index contributed by atoms with van der Waals surface area (Å²) in [6.07, 6.45) is 0. The molecule has 0 fully saturated rings. The van der Waals surface area contributed by atoms with Crippen LogP contribution in [-0.2, 0) is 4.74 Å². The van der Waals surface area contributed by atoms with Crippen LogP contribution in [0.1, 0.15) is 6.92 Å². The molecule has 0 heterocycles. The number of hydrogen-bond acceptors (Lipinski definition) is 3.